The summed E-state index contributed by atoms with van der Waals surface area (Å²) in [5.74, 6) is -0.473. The van der Waals surface area contributed by atoms with Crippen molar-refractivity contribution >= 4 is 12.0 Å². The number of carbonyl (C=O) groups excluding carboxylic acids is 1. The smallest absolute Gasteiger partial charge is 0.246 e. The molecule has 1 amide bonds. The van der Waals surface area contributed by atoms with Gasteiger partial charge in [-0.3, -0.25) is 4.79 Å². The molecule has 0 N–H and O–H groups in total. The van der Waals surface area contributed by atoms with Gasteiger partial charge in [-0.25, -0.2) is 8.78 Å². The summed E-state index contributed by atoms with van der Waals surface area (Å²) >= 11 is 0. The predicted octanol–water partition coefficient (Wildman–Crippen LogP) is 3.80. The van der Waals surface area contributed by atoms with Gasteiger partial charge in [0.1, 0.15) is 24.8 Å². The highest BCUT2D eigenvalue weighted by molar-refractivity contribution is 5.91. The van der Waals surface area contributed by atoms with Gasteiger partial charge in [-0.1, -0.05) is 18.2 Å². The summed E-state index contributed by atoms with van der Waals surface area (Å²) in [6.45, 7) is 3.53. The standard InChI is InChI=1S/C20H19F2NO3/c1-2-23(13-14-5-3-8-18-20(14)26-12-11-25-18)19(24)10-9-15-16(21)6-4-7-17(15)22/h3-10H,2,11-13H2,1H3/b10-9+. The minimum atomic E-state index is -0.709. The van der Waals surface area contributed by atoms with Crippen LogP contribution in [0.15, 0.2) is 42.5 Å². The third kappa shape index (κ3) is 3.85. The number of fused-ring (bicyclic) bond motifs is 1. The van der Waals surface area contributed by atoms with Crippen molar-refractivity contribution in [1.29, 1.82) is 0 Å². The van der Waals surface area contributed by atoms with Crippen molar-refractivity contribution < 1.29 is 23.0 Å². The molecule has 0 fully saturated rings. The van der Waals surface area contributed by atoms with Gasteiger partial charge in [-0.2, -0.15) is 0 Å². The molecule has 1 heterocycles. The molecule has 2 aromatic rings. The van der Waals surface area contributed by atoms with Gasteiger partial charge in [-0.15, -0.1) is 0 Å². The number of para-hydroxylation sites is 1. The number of benzene rings is 2. The predicted molar refractivity (Wildman–Crippen MR) is 93.9 cm³/mol. The van der Waals surface area contributed by atoms with E-state index in [4.69, 9.17) is 9.47 Å². The Morgan fingerprint density at radius 1 is 1.12 bits per heavy atom. The van der Waals surface area contributed by atoms with E-state index >= 15 is 0 Å². The van der Waals surface area contributed by atoms with E-state index in [1.54, 1.807) is 4.90 Å². The number of ether oxygens (including phenoxy) is 2. The van der Waals surface area contributed by atoms with Crippen molar-refractivity contribution in [2.24, 2.45) is 0 Å². The van der Waals surface area contributed by atoms with Gasteiger partial charge in [0.25, 0.3) is 0 Å². The van der Waals surface area contributed by atoms with E-state index in [2.05, 4.69) is 0 Å². The number of hydrogen-bond acceptors (Lipinski definition) is 3. The highest BCUT2D eigenvalue weighted by Crippen LogP contribution is 2.34. The summed E-state index contributed by atoms with van der Waals surface area (Å²) < 4.78 is 38.6. The highest BCUT2D eigenvalue weighted by Gasteiger charge is 2.18. The van der Waals surface area contributed by atoms with Crippen molar-refractivity contribution in [2.75, 3.05) is 19.8 Å². The molecule has 2 aromatic carbocycles. The first kappa shape index (κ1) is 17.9. The van der Waals surface area contributed by atoms with Crippen molar-refractivity contribution in [2.45, 2.75) is 13.5 Å². The summed E-state index contributed by atoms with van der Waals surface area (Å²) in [6.07, 6.45) is 2.34. The Kier molecular flexibility index (Phi) is 5.51. The second-order valence-corrected chi connectivity index (χ2v) is 5.76. The van der Waals surface area contributed by atoms with Crippen molar-refractivity contribution in [3.05, 3.63) is 65.2 Å². The highest BCUT2D eigenvalue weighted by atomic mass is 19.1. The molecule has 0 spiro atoms. The molecule has 0 atom stereocenters. The van der Waals surface area contributed by atoms with Crippen LogP contribution in [0.5, 0.6) is 11.5 Å². The van der Waals surface area contributed by atoms with Crippen molar-refractivity contribution in [1.82, 2.24) is 4.90 Å². The lowest BCUT2D eigenvalue weighted by Gasteiger charge is -2.24. The molecule has 0 unspecified atom stereocenters. The van der Waals surface area contributed by atoms with Crippen LogP contribution in [-0.4, -0.2) is 30.6 Å². The Balaban J connectivity index is 1.77. The first-order chi connectivity index (χ1) is 12.6. The van der Waals surface area contributed by atoms with E-state index in [1.807, 2.05) is 25.1 Å². The zero-order chi connectivity index (χ0) is 18.5. The fourth-order valence-corrected chi connectivity index (χ4v) is 2.74. The molecule has 6 heteroatoms. The third-order valence-electron chi connectivity index (χ3n) is 4.09. The number of halogens is 2. The number of amides is 1. The zero-order valence-electron chi connectivity index (χ0n) is 14.4. The van der Waals surface area contributed by atoms with Crippen LogP contribution in [0, 0.1) is 11.6 Å². The van der Waals surface area contributed by atoms with Crippen molar-refractivity contribution in [3.63, 3.8) is 0 Å². The van der Waals surface area contributed by atoms with Gasteiger partial charge in [0.15, 0.2) is 11.5 Å². The molecule has 136 valence electrons. The molecule has 0 aliphatic carbocycles. The summed E-state index contributed by atoms with van der Waals surface area (Å²) in [4.78, 5) is 14.0. The Morgan fingerprint density at radius 2 is 1.81 bits per heavy atom. The lowest BCUT2D eigenvalue weighted by molar-refractivity contribution is -0.126. The molecule has 0 saturated heterocycles. The number of carbonyl (C=O) groups is 1. The van der Waals surface area contributed by atoms with Crippen LogP contribution in [0.4, 0.5) is 8.78 Å². The quantitative estimate of drug-likeness (QED) is 0.763. The van der Waals surface area contributed by atoms with Crippen LogP contribution in [-0.2, 0) is 11.3 Å². The lowest BCUT2D eigenvalue weighted by Crippen LogP contribution is -2.29. The lowest BCUT2D eigenvalue weighted by atomic mass is 10.1. The summed E-state index contributed by atoms with van der Waals surface area (Å²) in [5, 5.41) is 0. The van der Waals surface area contributed by atoms with Gasteiger partial charge in [-0.05, 0) is 31.2 Å². The minimum Gasteiger partial charge on any atom is -0.486 e. The Hall–Kier alpha value is -2.89. The fourth-order valence-electron chi connectivity index (χ4n) is 2.74. The molecular weight excluding hydrogens is 340 g/mol. The van der Waals surface area contributed by atoms with Crippen LogP contribution in [0.1, 0.15) is 18.1 Å². The molecule has 1 aliphatic heterocycles. The molecule has 0 radical (unpaired) electrons. The van der Waals surface area contributed by atoms with Crippen LogP contribution in [0.3, 0.4) is 0 Å². The molecular formula is C20H19F2NO3. The first-order valence-electron chi connectivity index (χ1n) is 8.38. The largest absolute Gasteiger partial charge is 0.486 e. The van der Waals surface area contributed by atoms with Gasteiger partial charge < -0.3 is 14.4 Å². The normalized spacial score (nSPS) is 13.0. The number of rotatable bonds is 5. The first-order valence-corrected chi connectivity index (χ1v) is 8.38. The van der Waals surface area contributed by atoms with E-state index in [1.165, 1.54) is 12.1 Å². The van der Waals surface area contributed by atoms with Crippen LogP contribution < -0.4 is 9.47 Å². The number of nitrogens with zero attached hydrogens (tertiary/aromatic N) is 1. The van der Waals surface area contributed by atoms with Gasteiger partial charge >= 0.3 is 0 Å². The molecule has 0 aromatic heterocycles. The average Bonchev–Trinajstić information content (AvgIpc) is 2.65. The maximum Gasteiger partial charge on any atom is 0.246 e. The summed E-state index contributed by atoms with van der Waals surface area (Å²) in [6, 6.07) is 9.10. The molecule has 0 saturated carbocycles. The number of likely N-dealkylation sites (N-methyl/N-ethyl adjacent to an activating group) is 1. The van der Waals surface area contributed by atoms with Gasteiger partial charge in [0.2, 0.25) is 5.91 Å². The molecule has 4 nitrogen and oxygen atoms in total. The Morgan fingerprint density at radius 3 is 2.54 bits per heavy atom. The number of hydrogen-bond donors (Lipinski definition) is 0. The minimum absolute atomic E-state index is 0.231. The second kappa shape index (κ2) is 7.99. The SMILES string of the molecule is CCN(Cc1cccc2c1OCCO2)C(=O)/C=C/c1c(F)cccc1F. The van der Waals surface area contributed by atoms with Crippen molar-refractivity contribution in [3.8, 4) is 11.5 Å². The fraction of sp³-hybridized carbons (Fsp3) is 0.250. The van der Waals surface area contributed by atoms with E-state index < -0.39 is 11.6 Å². The van der Waals surface area contributed by atoms with E-state index in [9.17, 15) is 13.6 Å². The zero-order valence-corrected chi connectivity index (χ0v) is 14.4. The maximum absolute atomic E-state index is 13.7. The average molecular weight is 359 g/mol. The van der Waals surface area contributed by atoms with E-state index in [0.29, 0.717) is 37.8 Å². The van der Waals surface area contributed by atoms with Gasteiger partial charge in [0.05, 0.1) is 0 Å². The second-order valence-electron chi connectivity index (χ2n) is 5.76. The van der Waals surface area contributed by atoms with E-state index in [0.717, 1.165) is 23.8 Å². The van der Waals surface area contributed by atoms with Crippen LogP contribution in [0.25, 0.3) is 6.08 Å². The van der Waals surface area contributed by atoms with Crippen LogP contribution in [0.2, 0.25) is 0 Å². The molecule has 0 bridgehead atoms. The third-order valence-corrected chi connectivity index (χ3v) is 4.09. The summed E-state index contributed by atoms with van der Waals surface area (Å²) in [7, 11) is 0. The Bertz CT molecular complexity index is 816. The Labute approximate surface area is 150 Å². The monoisotopic (exact) mass is 359 g/mol. The molecule has 1 aliphatic rings. The topological polar surface area (TPSA) is 38.8 Å². The summed E-state index contributed by atoms with van der Waals surface area (Å²) in [5.41, 5.74) is 0.591. The van der Waals surface area contributed by atoms with Crippen LogP contribution >= 0.6 is 0 Å². The maximum atomic E-state index is 13.7. The molecule has 26 heavy (non-hydrogen) atoms. The van der Waals surface area contributed by atoms with E-state index in [-0.39, 0.29) is 11.5 Å². The molecule has 3 rings (SSSR count). The van der Waals surface area contributed by atoms with Gasteiger partial charge in [0, 0.05) is 30.3 Å².